The van der Waals surface area contributed by atoms with E-state index >= 15 is 0 Å². The van der Waals surface area contributed by atoms with Gasteiger partial charge < -0.3 is 14.2 Å². The summed E-state index contributed by atoms with van der Waals surface area (Å²) in [5.74, 6) is 0.159. The second-order valence-electron chi connectivity index (χ2n) is 6.36. The van der Waals surface area contributed by atoms with E-state index in [0.717, 1.165) is 25.1 Å². The van der Waals surface area contributed by atoms with E-state index in [4.69, 9.17) is 4.74 Å². The van der Waals surface area contributed by atoms with E-state index in [-0.39, 0.29) is 18.1 Å². The number of carbonyl (C=O) groups is 1. The number of nitrogens with zero attached hydrogens (tertiary/aromatic N) is 2. The van der Waals surface area contributed by atoms with E-state index in [1.807, 2.05) is 18.3 Å². The molecule has 0 aromatic carbocycles. The van der Waals surface area contributed by atoms with Crippen molar-refractivity contribution in [1.29, 1.82) is 0 Å². The number of carbonyl (C=O) groups excluding carboxylic acids is 1. The molecule has 122 valence electrons. The highest BCUT2D eigenvalue weighted by atomic mass is 32.1. The Hall–Kier alpha value is -1.59. The Morgan fingerprint density at radius 2 is 2.17 bits per heavy atom. The van der Waals surface area contributed by atoms with Crippen molar-refractivity contribution < 1.29 is 9.53 Å². The number of thiophene rings is 1. The Morgan fingerprint density at radius 3 is 3.04 bits per heavy atom. The number of fused-ring (bicyclic) bond motifs is 1. The molecule has 0 N–H and O–H groups in total. The number of ether oxygens (including phenoxy) is 1. The zero-order chi connectivity index (χ0) is 15.6. The van der Waals surface area contributed by atoms with Gasteiger partial charge in [0.2, 0.25) is 0 Å². The molecule has 0 spiro atoms. The van der Waals surface area contributed by atoms with Gasteiger partial charge in [0.1, 0.15) is 5.69 Å². The van der Waals surface area contributed by atoms with Crippen LogP contribution in [0.4, 0.5) is 0 Å². The van der Waals surface area contributed by atoms with Gasteiger partial charge in [-0.1, -0.05) is 18.9 Å². The van der Waals surface area contributed by atoms with Crippen LogP contribution in [0.25, 0.3) is 0 Å². The maximum absolute atomic E-state index is 13.1. The summed E-state index contributed by atoms with van der Waals surface area (Å²) in [4.78, 5) is 16.5. The number of morpholine rings is 1. The molecule has 5 heteroatoms. The summed E-state index contributed by atoms with van der Waals surface area (Å²) < 4.78 is 7.97. The van der Waals surface area contributed by atoms with Gasteiger partial charge in [0.05, 0.1) is 25.3 Å². The fourth-order valence-corrected chi connectivity index (χ4v) is 4.52. The van der Waals surface area contributed by atoms with Crippen LogP contribution in [0.5, 0.6) is 0 Å². The lowest BCUT2D eigenvalue weighted by Crippen LogP contribution is -2.55. The van der Waals surface area contributed by atoms with E-state index in [1.165, 1.54) is 17.7 Å². The van der Waals surface area contributed by atoms with Crippen LogP contribution >= 0.6 is 11.3 Å². The molecule has 2 aromatic rings. The van der Waals surface area contributed by atoms with Crippen molar-refractivity contribution in [2.45, 2.75) is 44.4 Å². The smallest absolute Gasteiger partial charge is 0.270 e. The molecule has 0 unspecified atom stereocenters. The summed E-state index contributed by atoms with van der Waals surface area (Å²) in [5, 5.41) is 2.08. The molecule has 2 atom stereocenters. The Labute approximate surface area is 140 Å². The predicted octanol–water partition coefficient (Wildman–Crippen LogP) is 3.38. The molecule has 0 radical (unpaired) electrons. The summed E-state index contributed by atoms with van der Waals surface area (Å²) in [6.07, 6.45) is 6.82. The van der Waals surface area contributed by atoms with Gasteiger partial charge in [0, 0.05) is 17.6 Å². The molecule has 1 saturated carbocycles. The molecule has 3 heterocycles. The van der Waals surface area contributed by atoms with Crippen LogP contribution in [0.15, 0.2) is 35.8 Å². The minimum Gasteiger partial charge on any atom is -0.374 e. The van der Waals surface area contributed by atoms with Gasteiger partial charge >= 0.3 is 0 Å². The average molecular weight is 330 g/mol. The lowest BCUT2D eigenvalue weighted by atomic mass is 9.90. The largest absolute Gasteiger partial charge is 0.374 e. The molecule has 1 aliphatic carbocycles. The van der Waals surface area contributed by atoms with Crippen molar-refractivity contribution in [3.05, 3.63) is 46.4 Å². The van der Waals surface area contributed by atoms with Crippen molar-refractivity contribution in [3.63, 3.8) is 0 Å². The highest BCUT2D eigenvalue weighted by Gasteiger charge is 2.37. The lowest BCUT2D eigenvalue weighted by molar-refractivity contribution is -0.0755. The first-order valence-electron chi connectivity index (χ1n) is 8.43. The van der Waals surface area contributed by atoms with Crippen LogP contribution < -0.4 is 0 Å². The van der Waals surface area contributed by atoms with Crippen LogP contribution in [0.3, 0.4) is 0 Å². The van der Waals surface area contributed by atoms with Crippen LogP contribution in [0.1, 0.15) is 41.0 Å². The fraction of sp³-hybridized carbons (Fsp3) is 0.500. The van der Waals surface area contributed by atoms with Crippen molar-refractivity contribution in [2.24, 2.45) is 0 Å². The van der Waals surface area contributed by atoms with Crippen molar-refractivity contribution in [3.8, 4) is 0 Å². The third kappa shape index (κ3) is 2.95. The Kier molecular flexibility index (Phi) is 4.23. The molecule has 1 aliphatic heterocycles. The van der Waals surface area contributed by atoms with Gasteiger partial charge in [0.15, 0.2) is 0 Å². The molecule has 23 heavy (non-hydrogen) atoms. The summed E-state index contributed by atoms with van der Waals surface area (Å²) >= 11 is 1.73. The van der Waals surface area contributed by atoms with E-state index in [2.05, 4.69) is 27.0 Å². The number of rotatable bonds is 3. The van der Waals surface area contributed by atoms with E-state index < -0.39 is 0 Å². The molecule has 4 rings (SSSR count). The number of aromatic nitrogens is 1. The van der Waals surface area contributed by atoms with Gasteiger partial charge in [-0.3, -0.25) is 4.79 Å². The molecular weight excluding hydrogens is 308 g/mol. The first kappa shape index (κ1) is 15.0. The van der Waals surface area contributed by atoms with Crippen LogP contribution in [-0.2, 0) is 11.3 Å². The van der Waals surface area contributed by atoms with Crippen LogP contribution in [-0.4, -0.2) is 40.7 Å². The molecule has 1 saturated heterocycles. The average Bonchev–Trinajstić information content (AvgIpc) is 3.26. The van der Waals surface area contributed by atoms with Gasteiger partial charge in [-0.05, 0) is 36.4 Å². The van der Waals surface area contributed by atoms with Crippen LogP contribution in [0, 0.1) is 0 Å². The van der Waals surface area contributed by atoms with Crippen molar-refractivity contribution in [1.82, 2.24) is 9.47 Å². The van der Waals surface area contributed by atoms with Gasteiger partial charge in [-0.15, -0.1) is 11.3 Å². The minimum atomic E-state index is 0.159. The molecule has 0 bridgehead atoms. The number of amides is 1. The zero-order valence-corrected chi connectivity index (χ0v) is 14.0. The first-order chi connectivity index (χ1) is 11.3. The van der Waals surface area contributed by atoms with Crippen molar-refractivity contribution >= 4 is 17.2 Å². The maximum atomic E-state index is 13.1. The van der Waals surface area contributed by atoms with E-state index in [1.54, 1.807) is 11.3 Å². The van der Waals surface area contributed by atoms with Gasteiger partial charge in [-0.25, -0.2) is 0 Å². The SMILES string of the molecule is O=C(c1cccn1Cc1cccs1)N1CCO[C@@H]2CCCC[C@H]21. The quantitative estimate of drug-likeness (QED) is 0.865. The van der Waals surface area contributed by atoms with Gasteiger partial charge in [-0.2, -0.15) is 0 Å². The third-order valence-corrected chi connectivity index (χ3v) is 5.81. The standard InChI is InChI=1S/C18H22N2O2S/c21-18(20-10-11-22-17-8-2-1-6-15(17)20)16-7-3-9-19(16)13-14-5-4-12-23-14/h3-5,7,9,12,15,17H,1-2,6,8,10-11,13H2/t15-,17-/m1/s1. The Bertz CT molecular complexity index is 662. The normalized spacial score (nSPS) is 24.4. The highest BCUT2D eigenvalue weighted by molar-refractivity contribution is 7.09. The topological polar surface area (TPSA) is 34.5 Å². The summed E-state index contributed by atoms with van der Waals surface area (Å²) in [6, 6.07) is 8.35. The number of hydrogen-bond acceptors (Lipinski definition) is 3. The molecule has 2 aliphatic rings. The Morgan fingerprint density at radius 1 is 1.26 bits per heavy atom. The number of hydrogen-bond donors (Lipinski definition) is 0. The summed E-state index contributed by atoms with van der Waals surface area (Å²) in [5.41, 5.74) is 0.796. The minimum absolute atomic E-state index is 0.159. The zero-order valence-electron chi connectivity index (χ0n) is 13.2. The molecular formula is C18H22N2O2S. The fourth-order valence-electron chi connectivity index (χ4n) is 3.81. The highest BCUT2D eigenvalue weighted by Crippen LogP contribution is 2.29. The summed E-state index contributed by atoms with van der Waals surface area (Å²) in [6.45, 7) is 2.15. The van der Waals surface area contributed by atoms with E-state index in [0.29, 0.717) is 13.2 Å². The maximum Gasteiger partial charge on any atom is 0.270 e. The predicted molar refractivity (Wildman–Crippen MR) is 90.9 cm³/mol. The van der Waals surface area contributed by atoms with Crippen LogP contribution in [0.2, 0.25) is 0 Å². The lowest BCUT2D eigenvalue weighted by Gasteiger charge is -2.43. The molecule has 1 amide bonds. The van der Waals surface area contributed by atoms with Crippen molar-refractivity contribution in [2.75, 3.05) is 13.2 Å². The monoisotopic (exact) mass is 330 g/mol. The first-order valence-corrected chi connectivity index (χ1v) is 9.31. The molecule has 2 fully saturated rings. The molecule has 4 nitrogen and oxygen atoms in total. The Balaban J connectivity index is 1.55. The summed E-state index contributed by atoms with van der Waals surface area (Å²) in [7, 11) is 0. The van der Waals surface area contributed by atoms with E-state index in [9.17, 15) is 4.79 Å². The second-order valence-corrected chi connectivity index (χ2v) is 7.39. The van der Waals surface area contributed by atoms with Gasteiger partial charge in [0.25, 0.3) is 5.91 Å². The second kappa shape index (κ2) is 6.49. The third-order valence-electron chi connectivity index (χ3n) is 4.95. The molecule has 2 aromatic heterocycles.